The van der Waals surface area contributed by atoms with E-state index >= 15 is 0 Å². The van der Waals surface area contributed by atoms with E-state index in [4.69, 9.17) is 5.11 Å². The summed E-state index contributed by atoms with van der Waals surface area (Å²) in [5.41, 5.74) is 1.15. The molecule has 4 atom stereocenters. The van der Waals surface area contributed by atoms with Gasteiger partial charge >= 0.3 is 12.1 Å². The zero-order valence-electron chi connectivity index (χ0n) is 13.6. The van der Waals surface area contributed by atoms with E-state index in [0.717, 1.165) is 19.3 Å². The number of benzene rings is 1. The lowest BCUT2D eigenvalue weighted by Gasteiger charge is -2.28. The third-order valence-corrected chi connectivity index (χ3v) is 5.79. The van der Waals surface area contributed by atoms with E-state index < -0.39 is 24.0 Å². The first-order valence-electron chi connectivity index (χ1n) is 8.30. The molecule has 6 heteroatoms. The minimum atomic E-state index is -4.46. The summed E-state index contributed by atoms with van der Waals surface area (Å²) in [6.45, 7) is 1.94. The summed E-state index contributed by atoms with van der Waals surface area (Å²) in [6, 6.07) is 10.0. The molecular weight excluding hydrogens is 319 g/mol. The zero-order valence-corrected chi connectivity index (χ0v) is 13.6. The maximum absolute atomic E-state index is 13.2. The van der Waals surface area contributed by atoms with Crippen LogP contribution in [0.15, 0.2) is 30.3 Å². The fourth-order valence-corrected chi connectivity index (χ4v) is 4.34. The molecule has 132 valence electrons. The summed E-state index contributed by atoms with van der Waals surface area (Å²) in [5, 5.41) is 9.16. The van der Waals surface area contributed by atoms with E-state index in [9.17, 15) is 18.0 Å². The third kappa shape index (κ3) is 3.16. The zero-order chi connectivity index (χ0) is 17.5. The number of aliphatic carboxylic acids is 1. The molecule has 2 unspecified atom stereocenters. The Labute approximate surface area is 139 Å². The van der Waals surface area contributed by atoms with Gasteiger partial charge in [0.1, 0.15) is 0 Å². The molecule has 1 heterocycles. The number of nitrogens with zero attached hydrogens (tertiary/aromatic N) is 1. The molecule has 24 heavy (non-hydrogen) atoms. The van der Waals surface area contributed by atoms with E-state index in [2.05, 4.69) is 19.1 Å². The van der Waals surface area contributed by atoms with Crippen molar-refractivity contribution in [3.8, 4) is 0 Å². The van der Waals surface area contributed by atoms with Crippen molar-refractivity contribution in [2.24, 2.45) is 11.8 Å². The first-order chi connectivity index (χ1) is 11.2. The van der Waals surface area contributed by atoms with Crippen LogP contribution in [-0.2, 0) is 10.2 Å². The second-order valence-electron chi connectivity index (χ2n) is 7.37. The van der Waals surface area contributed by atoms with Crippen LogP contribution >= 0.6 is 0 Å². The lowest BCUT2D eigenvalue weighted by Crippen LogP contribution is -2.35. The summed E-state index contributed by atoms with van der Waals surface area (Å²) >= 11 is 0. The monoisotopic (exact) mass is 341 g/mol. The van der Waals surface area contributed by atoms with Gasteiger partial charge in [-0.15, -0.1) is 0 Å². The summed E-state index contributed by atoms with van der Waals surface area (Å²) < 4.78 is 39.5. The summed E-state index contributed by atoms with van der Waals surface area (Å²) in [6.07, 6.45) is -1.97. The van der Waals surface area contributed by atoms with Gasteiger partial charge in [0.25, 0.3) is 0 Å². The standard InChI is InChI=1S/C18H22F3NO2/c1-17(12-5-3-2-4-6-12)8-7-13(9-17)22-10-14(16(23)24)15(11-22)18(19,20)21/h2-6,13-15H,7-11H2,1H3,(H,23,24)/t13?,14-,15-,17?/m1/s1. The van der Waals surface area contributed by atoms with Gasteiger partial charge in [-0.1, -0.05) is 37.3 Å². The highest BCUT2D eigenvalue weighted by atomic mass is 19.4. The number of likely N-dealkylation sites (tertiary alicyclic amines) is 1. The average molecular weight is 341 g/mol. The highest BCUT2D eigenvalue weighted by Gasteiger charge is 2.54. The fourth-order valence-electron chi connectivity index (χ4n) is 4.34. The lowest BCUT2D eigenvalue weighted by molar-refractivity contribution is -0.188. The summed E-state index contributed by atoms with van der Waals surface area (Å²) in [7, 11) is 0. The van der Waals surface area contributed by atoms with Gasteiger partial charge in [-0.25, -0.2) is 0 Å². The molecule has 2 fully saturated rings. The van der Waals surface area contributed by atoms with Crippen molar-refractivity contribution in [2.45, 2.75) is 43.8 Å². The van der Waals surface area contributed by atoms with Gasteiger partial charge in [0.2, 0.25) is 0 Å². The van der Waals surface area contributed by atoms with Crippen LogP contribution in [-0.4, -0.2) is 41.3 Å². The molecule has 0 amide bonds. The predicted octanol–water partition coefficient (Wildman–Crippen LogP) is 3.69. The van der Waals surface area contributed by atoms with E-state index in [1.165, 1.54) is 5.56 Å². The molecule has 1 aliphatic carbocycles. The fraction of sp³-hybridized carbons (Fsp3) is 0.611. The minimum Gasteiger partial charge on any atom is -0.481 e. The number of hydrogen-bond donors (Lipinski definition) is 1. The molecule has 1 aromatic rings. The number of rotatable bonds is 3. The van der Waals surface area contributed by atoms with Crippen LogP contribution in [0.1, 0.15) is 31.7 Å². The lowest BCUT2D eigenvalue weighted by atomic mass is 9.81. The maximum Gasteiger partial charge on any atom is 0.393 e. The van der Waals surface area contributed by atoms with Gasteiger partial charge in [-0.3, -0.25) is 9.69 Å². The Bertz CT molecular complexity index is 604. The Morgan fingerprint density at radius 2 is 1.92 bits per heavy atom. The van der Waals surface area contributed by atoms with Crippen LogP contribution in [0.4, 0.5) is 13.2 Å². The molecule has 0 radical (unpaired) electrons. The number of hydrogen-bond acceptors (Lipinski definition) is 2. The molecule has 0 aromatic heterocycles. The molecule has 1 saturated carbocycles. The summed E-state index contributed by atoms with van der Waals surface area (Å²) in [5.74, 6) is -4.46. The maximum atomic E-state index is 13.2. The SMILES string of the molecule is CC1(c2ccccc2)CCC(N2C[C@@H](C(F)(F)F)[C@H](C(=O)O)C2)C1. The third-order valence-electron chi connectivity index (χ3n) is 5.79. The number of alkyl halides is 3. The number of carboxylic acids is 1. The first kappa shape index (κ1) is 17.3. The minimum absolute atomic E-state index is 0.00491. The Kier molecular flexibility index (Phi) is 4.36. The quantitative estimate of drug-likeness (QED) is 0.911. The molecular formula is C18H22F3NO2. The van der Waals surface area contributed by atoms with Crippen molar-refractivity contribution in [1.29, 1.82) is 0 Å². The highest BCUT2D eigenvalue weighted by Crippen LogP contribution is 2.46. The van der Waals surface area contributed by atoms with Crippen molar-refractivity contribution in [2.75, 3.05) is 13.1 Å². The number of carboxylic acid groups (broad SMARTS) is 1. The molecule has 0 spiro atoms. The summed E-state index contributed by atoms with van der Waals surface area (Å²) in [4.78, 5) is 13.0. The molecule has 2 aliphatic rings. The molecule has 3 nitrogen and oxygen atoms in total. The van der Waals surface area contributed by atoms with Gasteiger partial charge < -0.3 is 5.11 Å². The largest absolute Gasteiger partial charge is 0.481 e. The molecule has 0 bridgehead atoms. The molecule has 1 aliphatic heterocycles. The van der Waals surface area contributed by atoms with Crippen molar-refractivity contribution in [3.63, 3.8) is 0 Å². The van der Waals surface area contributed by atoms with Crippen molar-refractivity contribution in [1.82, 2.24) is 4.90 Å². The molecule has 1 N–H and O–H groups in total. The van der Waals surface area contributed by atoms with E-state index in [0.29, 0.717) is 0 Å². The van der Waals surface area contributed by atoms with Crippen molar-refractivity contribution < 1.29 is 23.1 Å². The van der Waals surface area contributed by atoms with Gasteiger partial charge in [0.15, 0.2) is 0 Å². The smallest absolute Gasteiger partial charge is 0.393 e. The van der Waals surface area contributed by atoms with Crippen LogP contribution in [0.3, 0.4) is 0 Å². The van der Waals surface area contributed by atoms with Crippen molar-refractivity contribution in [3.05, 3.63) is 35.9 Å². The Morgan fingerprint density at radius 3 is 2.46 bits per heavy atom. The second-order valence-corrected chi connectivity index (χ2v) is 7.37. The molecule has 3 rings (SSSR count). The average Bonchev–Trinajstić information content (AvgIpc) is 3.12. The Hall–Kier alpha value is -1.56. The Balaban J connectivity index is 1.74. The van der Waals surface area contributed by atoms with Gasteiger partial charge in [-0.05, 0) is 30.2 Å². The van der Waals surface area contributed by atoms with E-state index in [1.807, 2.05) is 18.2 Å². The van der Waals surface area contributed by atoms with Crippen LogP contribution in [0.5, 0.6) is 0 Å². The van der Waals surface area contributed by atoms with Crippen LogP contribution < -0.4 is 0 Å². The van der Waals surface area contributed by atoms with Crippen LogP contribution in [0, 0.1) is 11.8 Å². The topological polar surface area (TPSA) is 40.5 Å². The first-order valence-corrected chi connectivity index (χ1v) is 8.30. The van der Waals surface area contributed by atoms with E-state index in [1.54, 1.807) is 4.90 Å². The number of halogens is 3. The van der Waals surface area contributed by atoms with Crippen LogP contribution in [0.25, 0.3) is 0 Å². The van der Waals surface area contributed by atoms with Crippen molar-refractivity contribution >= 4 is 5.97 Å². The molecule has 1 aromatic carbocycles. The number of carbonyl (C=O) groups is 1. The highest BCUT2D eigenvalue weighted by molar-refractivity contribution is 5.71. The Morgan fingerprint density at radius 1 is 1.25 bits per heavy atom. The predicted molar refractivity (Wildman–Crippen MR) is 83.7 cm³/mol. The van der Waals surface area contributed by atoms with E-state index in [-0.39, 0.29) is 24.5 Å². The second kappa shape index (κ2) is 6.06. The molecule has 1 saturated heterocycles. The van der Waals surface area contributed by atoms with Gasteiger partial charge in [0, 0.05) is 19.1 Å². The van der Waals surface area contributed by atoms with Gasteiger partial charge in [-0.2, -0.15) is 13.2 Å². The van der Waals surface area contributed by atoms with Crippen LogP contribution in [0.2, 0.25) is 0 Å². The van der Waals surface area contributed by atoms with Gasteiger partial charge in [0.05, 0.1) is 11.8 Å². The normalized spacial score (nSPS) is 34.6.